The second-order valence-electron chi connectivity index (χ2n) is 5.95. The normalized spacial score (nSPS) is 17.9. The number of nitrogens with zero attached hydrogens (tertiary/aromatic N) is 2. The second kappa shape index (κ2) is 7.35. The average Bonchev–Trinajstić information content (AvgIpc) is 2.47. The average molecular weight is 304 g/mol. The number of rotatable bonds is 5. The predicted octanol–water partition coefficient (Wildman–Crippen LogP) is 0.765. The van der Waals surface area contributed by atoms with Gasteiger partial charge in [0.2, 0.25) is 11.8 Å². The van der Waals surface area contributed by atoms with Crippen LogP contribution in [0.3, 0.4) is 0 Å². The number of nitrogens with one attached hydrogen (secondary N) is 1. The number of amides is 2. The van der Waals surface area contributed by atoms with Gasteiger partial charge in [-0.2, -0.15) is 0 Å². The molecule has 0 spiro atoms. The molecule has 1 aliphatic rings. The second-order valence-corrected chi connectivity index (χ2v) is 5.95. The molecular formula is C16H24N4O2. The Bertz CT molecular complexity index is 539. The Labute approximate surface area is 131 Å². The standard InChI is InChI=1S/C16H24N4O2/c1-11-4-3-5-14(18-11)12(2)19-16(22)13-6-8-20(9-7-13)10-15(17)21/h3-5,12-13H,6-10H2,1-2H3,(H2,17,21)(H,19,22)/t12-/m1/s1. The summed E-state index contributed by atoms with van der Waals surface area (Å²) >= 11 is 0. The van der Waals surface area contributed by atoms with Crippen molar-refractivity contribution in [3.63, 3.8) is 0 Å². The van der Waals surface area contributed by atoms with E-state index in [1.165, 1.54) is 0 Å². The lowest BCUT2D eigenvalue weighted by Crippen LogP contribution is -2.43. The van der Waals surface area contributed by atoms with Crippen LogP contribution >= 0.6 is 0 Å². The molecular weight excluding hydrogens is 280 g/mol. The highest BCUT2D eigenvalue weighted by Crippen LogP contribution is 2.19. The molecule has 2 amide bonds. The smallest absolute Gasteiger partial charge is 0.231 e. The number of carbonyl (C=O) groups is 2. The number of nitrogens with two attached hydrogens (primary N) is 1. The van der Waals surface area contributed by atoms with Crippen LogP contribution in [0.4, 0.5) is 0 Å². The van der Waals surface area contributed by atoms with Gasteiger partial charge in [0.15, 0.2) is 0 Å². The minimum Gasteiger partial charge on any atom is -0.369 e. The zero-order valence-corrected chi connectivity index (χ0v) is 13.2. The molecule has 6 heteroatoms. The number of primary amides is 1. The van der Waals surface area contributed by atoms with E-state index in [0.29, 0.717) is 0 Å². The van der Waals surface area contributed by atoms with E-state index in [0.717, 1.165) is 37.3 Å². The maximum Gasteiger partial charge on any atom is 0.231 e. The van der Waals surface area contributed by atoms with Crippen molar-refractivity contribution in [2.45, 2.75) is 32.7 Å². The lowest BCUT2D eigenvalue weighted by Gasteiger charge is -2.30. The van der Waals surface area contributed by atoms with Crippen LogP contribution in [0.1, 0.15) is 37.2 Å². The van der Waals surface area contributed by atoms with Gasteiger partial charge in [-0.3, -0.25) is 19.5 Å². The van der Waals surface area contributed by atoms with Crippen LogP contribution in [0.15, 0.2) is 18.2 Å². The van der Waals surface area contributed by atoms with Gasteiger partial charge in [0.1, 0.15) is 0 Å². The van der Waals surface area contributed by atoms with Gasteiger partial charge in [0.25, 0.3) is 0 Å². The van der Waals surface area contributed by atoms with E-state index < -0.39 is 0 Å². The topological polar surface area (TPSA) is 88.3 Å². The van der Waals surface area contributed by atoms with Crippen LogP contribution in [0.25, 0.3) is 0 Å². The third-order valence-electron chi connectivity index (χ3n) is 4.05. The number of carbonyl (C=O) groups excluding carboxylic acids is 2. The number of aryl methyl sites for hydroxylation is 1. The summed E-state index contributed by atoms with van der Waals surface area (Å²) in [5, 5.41) is 3.04. The Morgan fingerprint density at radius 3 is 2.68 bits per heavy atom. The monoisotopic (exact) mass is 304 g/mol. The molecule has 0 aromatic carbocycles. The first-order chi connectivity index (χ1) is 10.5. The number of hydrogen-bond acceptors (Lipinski definition) is 4. The number of piperidine rings is 1. The molecule has 2 heterocycles. The molecule has 1 fully saturated rings. The maximum atomic E-state index is 12.3. The molecule has 1 atom stereocenters. The fourth-order valence-corrected chi connectivity index (χ4v) is 2.78. The van der Waals surface area contributed by atoms with Crippen molar-refractivity contribution in [2.75, 3.05) is 19.6 Å². The summed E-state index contributed by atoms with van der Waals surface area (Å²) in [4.78, 5) is 29.7. The Hall–Kier alpha value is -1.95. The van der Waals surface area contributed by atoms with Gasteiger partial charge in [0, 0.05) is 11.6 Å². The number of pyridine rings is 1. The molecule has 1 aliphatic heterocycles. The Kier molecular flexibility index (Phi) is 5.49. The van der Waals surface area contributed by atoms with Crippen LogP contribution in [0, 0.1) is 12.8 Å². The van der Waals surface area contributed by atoms with Crippen LogP contribution in [0.2, 0.25) is 0 Å². The zero-order valence-electron chi connectivity index (χ0n) is 13.2. The van der Waals surface area contributed by atoms with Gasteiger partial charge in [-0.05, 0) is 51.9 Å². The third-order valence-corrected chi connectivity index (χ3v) is 4.05. The molecule has 6 nitrogen and oxygen atoms in total. The molecule has 0 radical (unpaired) electrons. The van der Waals surface area contributed by atoms with E-state index >= 15 is 0 Å². The van der Waals surface area contributed by atoms with Gasteiger partial charge < -0.3 is 11.1 Å². The van der Waals surface area contributed by atoms with Crippen LogP contribution < -0.4 is 11.1 Å². The predicted molar refractivity (Wildman–Crippen MR) is 83.9 cm³/mol. The van der Waals surface area contributed by atoms with Crippen LogP contribution in [-0.4, -0.2) is 41.3 Å². The molecule has 1 aromatic heterocycles. The highest BCUT2D eigenvalue weighted by Gasteiger charge is 2.26. The van der Waals surface area contributed by atoms with Crippen molar-refractivity contribution in [3.05, 3.63) is 29.6 Å². The third kappa shape index (κ3) is 4.53. The summed E-state index contributed by atoms with van der Waals surface area (Å²) in [5.74, 6) is -0.257. The minimum absolute atomic E-state index is 0.00335. The SMILES string of the molecule is Cc1cccc([C@@H](C)NC(=O)C2CCN(CC(N)=O)CC2)n1. The number of likely N-dealkylation sites (tertiary alicyclic amines) is 1. The highest BCUT2D eigenvalue weighted by atomic mass is 16.2. The fourth-order valence-electron chi connectivity index (χ4n) is 2.78. The zero-order chi connectivity index (χ0) is 16.1. The Morgan fingerprint density at radius 2 is 2.09 bits per heavy atom. The van der Waals surface area contributed by atoms with Crippen LogP contribution in [-0.2, 0) is 9.59 Å². The van der Waals surface area contributed by atoms with E-state index in [4.69, 9.17) is 5.73 Å². The van der Waals surface area contributed by atoms with Gasteiger partial charge in [-0.1, -0.05) is 6.07 Å². The summed E-state index contributed by atoms with van der Waals surface area (Å²) in [6, 6.07) is 5.71. The number of aromatic nitrogens is 1. The fraction of sp³-hybridized carbons (Fsp3) is 0.562. The molecule has 0 unspecified atom stereocenters. The quantitative estimate of drug-likeness (QED) is 0.841. The molecule has 0 saturated carbocycles. The van der Waals surface area contributed by atoms with Crippen molar-refractivity contribution >= 4 is 11.8 Å². The molecule has 120 valence electrons. The summed E-state index contributed by atoms with van der Waals surface area (Å²) in [6.07, 6.45) is 1.51. The molecule has 22 heavy (non-hydrogen) atoms. The molecule has 0 bridgehead atoms. The van der Waals surface area contributed by atoms with Gasteiger partial charge >= 0.3 is 0 Å². The summed E-state index contributed by atoms with van der Waals surface area (Å²) in [7, 11) is 0. The maximum absolute atomic E-state index is 12.3. The van der Waals surface area contributed by atoms with E-state index in [2.05, 4.69) is 10.3 Å². The molecule has 1 saturated heterocycles. The Balaban J connectivity index is 1.84. The van der Waals surface area contributed by atoms with Crippen molar-refractivity contribution in [2.24, 2.45) is 11.7 Å². The van der Waals surface area contributed by atoms with Crippen LogP contribution in [0.5, 0.6) is 0 Å². The Morgan fingerprint density at radius 1 is 1.41 bits per heavy atom. The first kappa shape index (κ1) is 16.4. The lowest BCUT2D eigenvalue weighted by atomic mass is 9.95. The first-order valence-electron chi connectivity index (χ1n) is 7.70. The molecule has 0 aliphatic carbocycles. The van der Waals surface area contributed by atoms with Crippen molar-refractivity contribution < 1.29 is 9.59 Å². The van der Waals surface area contributed by atoms with Gasteiger partial charge in [-0.25, -0.2) is 0 Å². The lowest BCUT2D eigenvalue weighted by molar-refractivity contribution is -0.127. The van der Waals surface area contributed by atoms with Crippen molar-refractivity contribution in [1.29, 1.82) is 0 Å². The van der Waals surface area contributed by atoms with E-state index in [1.807, 2.05) is 36.9 Å². The van der Waals surface area contributed by atoms with E-state index in [9.17, 15) is 9.59 Å². The minimum atomic E-state index is -0.318. The summed E-state index contributed by atoms with van der Waals surface area (Å²) in [6.45, 7) is 5.63. The highest BCUT2D eigenvalue weighted by molar-refractivity contribution is 5.79. The molecule has 3 N–H and O–H groups in total. The van der Waals surface area contributed by atoms with Crippen molar-refractivity contribution in [3.8, 4) is 0 Å². The summed E-state index contributed by atoms with van der Waals surface area (Å²) < 4.78 is 0. The summed E-state index contributed by atoms with van der Waals surface area (Å²) in [5.41, 5.74) is 7.01. The van der Waals surface area contributed by atoms with E-state index in [-0.39, 0.29) is 30.3 Å². The number of hydrogen-bond donors (Lipinski definition) is 2. The van der Waals surface area contributed by atoms with Crippen molar-refractivity contribution in [1.82, 2.24) is 15.2 Å². The van der Waals surface area contributed by atoms with Gasteiger partial charge in [-0.15, -0.1) is 0 Å². The van der Waals surface area contributed by atoms with E-state index in [1.54, 1.807) is 0 Å². The molecule has 1 aromatic rings. The first-order valence-corrected chi connectivity index (χ1v) is 7.70. The molecule has 2 rings (SSSR count). The largest absolute Gasteiger partial charge is 0.369 e. The van der Waals surface area contributed by atoms with Gasteiger partial charge in [0.05, 0.1) is 18.3 Å².